The van der Waals surface area contributed by atoms with E-state index in [-0.39, 0.29) is 12.3 Å². The zero-order valence-electron chi connectivity index (χ0n) is 7.27. The summed E-state index contributed by atoms with van der Waals surface area (Å²) in [5.41, 5.74) is 0.674. The molecule has 76 valence electrons. The standard InChI is InChI=1S/C8H9ClN2O3/c9-8-2-1-7(11(12)13)5-6(8)3-4-14-10/h1-2,5H,3-4,10H2. The Kier molecular flexibility index (Phi) is 3.82. The summed E-state index contributed by atoms with van der Waals surface area (Å²) in [6, 6.07) is 4.27. The Morgan fingerprint density at radius 3 is 2.86 bits per heavy atom. The zero-order valence-corrected chi connectivity index (χ0v) is 8.03. The minimum absolute atomic E-state index is 0.0152. The summed E-state index contributed by atoms with van der Waals surface area (Å²) in [5.74, 6) is 4.85. The molecule has 5 nitrogen and oxygen atoms in total. The number of halogens is 1. The van der Waals surface area contributed by atoms with Crippen LogP contribution in [0.2, 0.25) is 5.02 Å². The summed E-state index contributed by atoms with van der Waals surface area (Å²) < 4.78 is 0. The summed E-state index contributed by atoms with van der Waals surface area (Å²) >= 11 is 5.82. The van der Waals surface area contributed by atoms with Gasteiger partial charge in [-0.3, -0.25) is 10.1 Å². The van der Waals surface area contributed by atoms with Gasteiger partial charge in [-0.15, -0.1) is 0 Å². The van der Waals surface area contributed by atoms with Crippen molar-refractivity contribution in [3.8, 4) is 0 Å². The van der Waals surface area contributed by atoms with E-state index in [9.17, 15) is 10.1 Å². The number of nitro benzene ring substituents is 1. The van der Waals surface area contributed by atoms with Gasteiger partial charge in [0.25, 0.3) is 5.69 Å². The minimum atomic E-state index is -0.469. The molecule has 0 aromatic heterocycles. The van der Waals surface area contributed by atoms with E-state index in [0.717, 1.165) is 0 Å². The molecule has 0 radical (unpaired) electrons. The third-order valence-electron chi connectivity index (χ3n) is 1.73. The highest BCUT2D eigenvalue weighted by molar-refractivity contribution is 6.31. The maximum Gasteiger partial charge on any atom is 0.269 e. The molecular formula is C8H9ClN2O3. The van der Waals surface area contributed by atoms with Crippen LogP contribution in [-0.4, -0.2) is 11.5 Å². The summed E-state index contributed by atoms with van der Waals surface area (Å²) in [6.07, 6.45) is 0.455. The fourth-order valence-corrected chi connectivity index (χ4v) is 1.25. The lowest BCUT2D eigenvalue weighted by atomic mass is 10.1. The number of hydrogen-bond acceptors (Lipinski definition) is 4. The first-order valence-electron chi connectivity index (χ1n) is 3.89. The maximum atomic E-state index is 10.4. The van der Waals surface area contributed by atoms with Gasteiger partial charge in [0.15, 0.2) is 0 Å². The van der Waals surface area contributed by atoms with E-state index < -0.39 is 4.92 Å². The molecule has 1 aromatic carbocycles. The summed E-state index contributed by atoms with van der Waals surface area (Å²) in [7, 11) is 0. The molecule has 1 rings (SSSR count). The van der Waals surface area contributed by atoms with Gasteiger partial charge in [0.2, 0.25) is 0 Å². The van der Waals surface area contributed by atoms with Crippen LogP contribution in [0.1, 0.15) is 5.56 Å². The van der Waals surface area contributed by atoms with Crippen LogP contribution in [0.15, 0.2) is 18.2 Å². The lowest BCUT2D eigenvalue weighted by Gasteiger charge is -2.02. The third-order valence-corrected chi connectivity index (χ3v) is 2.10. The highest BCUT2D eigenvalue weighted by Crippen LogP contribution is 2.22. The fraction of sp³-hybridized carbons (Fsp3) is 0.250. The van der Waals surface area contributed by atoms with Crippen LogP contribution in [0, 0.1) is 10.1 Å². The molecule has 0 spiro atoms. The van der Waals surface area contributed by atoms with E-state index in [1.807, 2.05) is 0 Å². The average molecular weight is 217 g/mol. The van der Waals surface area contributed by atoms with Crippen LogP contribution in [0.4, 0.5) is 5.69 Å². The number of rotatable bonds is 4. The number of hydrogen-bond donors (Lipinski definition) is 1. The molecule has 6 heteroatoms. The van der Waals surface area contributed by atoms with E-state index in [2.05, 4.69) is 4.84 Å². The Morgan fingerprint density at radius 2 is 2.29 bits per heavy atom. The summed E-state index contributed by atoms with van der Waals surface area (Å²) in [5, 5.41) is 10.9. The van der Waals surface area contributed by atoms with Gasteiger partial charge >= 0.3 is 0 Å². The molecule has 1 aromatic rings. The third kappa shape index (κ3) is 2.66. The predicted octanol–water partition coefficient (Wildman–Crippen LogP) is 1.68. The van der Waals surface area contributed by atoms with E-state index in [4.69, 9.17) is 17.5 Å². The minimum Gasteiger partial charge on any atom is -0.304 e. The first-order valence-corrected chi connectivity index (χ1v) is 4.27. The van der Waals surface area contributed by atoms with Crippen molar-refractivity contribution in [2.45, 2.75) is 6.42 Å². The molecule has 0 unspecified atom stereocenters. The Labute approximate surface area is 85.5 Å². The molecular weight excluding hydrogens is 208 g/mol. The van der Waals surface area contributed by atoms with Gasteiger partial charge in [0, 0.05) is 17.2 Å². The van der Waals surface area contributed by atoms with E-state index in [0.29, 0.717) is 17.0 Å². The van der Waals surface area contributed by atoms with Crippen molar-refractivity contribution < 1.29 is 9.76 Å². The van der Waals surface area contributed by atoms with E-state index >= 15 is 0 Å². The number of benzene rings is 1. The van der Waals surface area contributed by atoms with Gasteiger partial charge in [-0.05, 0) is 18.1 Å². The Hall–Kier alpha value is -1.17. The fourth-order valence-electron chi connectivity index (χ4n) is 1.04. The Bertz CT molecular complexity index is 343. The average Bonchev–Trinajstić information content (AvgIpc) is 2.16. The maximum absolute atomic E-state index is 10.4. The van der Waals surface area contributed by atoms with Crippen LogP contribution < -0.4 is 5.90 Å². The van der Waals surface area contributed by atoms with Crippen LogP contribution in [0.5, 0.6) is 0 Å². The number of nitrogens with two attached hydrogens (primary N) is 1. The van der Waals surface area contributed by atoms with Crippen LogP contribution in [0.25, 0.3) is 0 Å². The van der Waals surface area contributed by atoms with Gasteiger partial charge in [0.05, 0.1) is 11.5 Å². The van der Waals surface area contributed by atoms with Gasteiger partial charge in [-0.2, -0.15) is 0 Å². The first kappa shape index (κ1) is 10.9. The quantitative estimate of drug-likeness (QED) is 0.614. The number of non-ortho nitro benzene ring substituents is 1. The second-order valence-corrected chi connectivity index (χ2v) is 3.06. The van der Waals surface area contributed by atoms with Crippen molar-refractivity contribution in [2.24, 2.45) is 5.90 Å². The van der Waals surface area contributed by atoms with Crippen LogP contribution in [0.3, 0.4) is 0 Å². The molecule has 0 amide bonds. The second-order valence-electron chi connectivity index (χ2n) is 2.65. The molecule has 0 aliphatic rings. The van der Waals surface area contributed by atoms with E-state index in [1.54, 1.807) is 0 Å². The zero-order chi connectivity index (χ0) is 10.6. The molecule has 0 aliphatic carbocycles. The first-order chi connectivity index (χ1) is 6.65. The molecule has 0 bridgehead atoms. The smallest absolute Gasteiger partial charge is 0.269 e. The molecule has 0 heterocycles. The molecule has 14 heavy (non-hydrogen) atoms. The topological polar surface area (TPSA) is 78.4 Å². The molecule has 0 atom stereocenters. The summed E-state index contributed by atoms with van der Waals surface area (Å²) in [6.45, 7) is 0.279. The van der Waals surface area contributed by atoms with Gasteiger partial charge in [0.1, 0.15) is 0 Å². The van der Waals surface area contributed by atoms with Crippen molar-refractivity contribution in [3.63, 3.8) is 0 Å². The van der Waals surface area contributed by atoms with Crippen LogP contribution in [-0.2, 0) is 11.3 Å². The largest absolute Gasteiger partial charge is 0.304 e. The number of nitro groups is 1. The highest BCUT2D eigenvalue weighted by Gasteiger charge is 2.09. The van der Waals surface area contributed by atoms with Gasteiger partial charge in [-0.1, -0.05) is 11.6 Å². The Balaban J connectivity index is 2.90. The number of nitrogens with zero attached hydrogens (tertiary/aromatic N) is 1. The van der Waals surface area contributed by atoms with Crippen LogP contribution >= 0.6 is 11.6 Å². The molecule has 0 saturated heterocycles. The molecule has 0 fully saturated rings. The Morgan fingerprint density at radius 1 is 1.57 bits per heavy atom. The highest BCUT2D eigenvalue weighted by atomic mass is 35.5. The van der Waals surface area contributed by atoms with Gasteiger partial charge < -0.3 is 4.84 Å². The normalized spacial score (nSPS) is 10.1. The SMILES string of the molecule is NOCCc1cc([N+](=O)[O-])ccc1Cl. The van der Waals surface area contributed by atoms with Crippen molar-refractivity contribution in [2.75, 3.05) is 6.61 Å². The van der Waals surface area contributed by atoms with E-state index in [1.165, 1.54) is 18.2 Å². The second kappa shape index (κ2) is 4.90. The molecule has 0 saturated carbocycles. The monoisotopic (exact) mass is 216 g/mol. The predicted molar refractivity (Wildman–Crippen MR) is 51.9 cm³/mol. The molecule has 2 N–H and O–H groups in total. The van der Waals surface area contributed by atoms with Crippen molar-refractivity contribution in [3.05, 3.63) is 38.9 Å². The lowest BCUT2D eigenvalue weighted by molar-refractivity contribution is -0.384. The van der Waals surface area contributed by atoms with Crippen molar-refractivity contribution in [1.82, 2.24) is 0 Å². The van der Waals surface area contributed by atoms with Crippen molar-refractivity contribution in [1.29, 1.82) is 0 Å². The van der Waals surface area contributed by atoms with Crippen molar-refractivity contribution >= 4 is 17.3 Å². The molecule has 0 aliphatic heterocycles. The summed E-state index contributed by atoms with van der Waals surface area (Å²) in [4.78, 5) is 14.3. The van der Waals surface area contributed by atoms with Gasteiger partial charge in [-0.25, -0.2) is 5.90 Å². The lowest BCUT2D eigenvalue weighted by Crippen LogP contribution is -2.04.